The molecule has 0 aliphatic rings. The Balaban J connectivity index is 2.57. The van der Waals surface area contributed by atoms with Gasteiger partial charge in [0.2, 0.25) is 5.91 Å². The van der Waals surface area contributed by atoms with E-state index in [2.05, 4.69) is 16.0 Å². The topological polar surface area (TPSA) is 106 Å². The Kier molecular flexibility index (Phi) is 9.88. The number of thiocarbonyl (C=S) groups is 1. The van der Waals surface area contributed by atoms with Crippen LogP contribution in [0.1, 0.15) is 30.1 Å². The maximum Gasteiger partial charge on any atom is 0.306 e. The van der Waals surface area contributed by atoms with Crippen molar-refractivity contribution in [2.24, 2.45) is 0 Å². The second kappa shape index (κ2) is 11.9. The molecule has 0 unspecified atom stereocenters. The minimum atomic E-state index is -0.445. The molecule has 0 saturated carbocycles. The molecule has 1 aromatic rings. The van der Waals surface area contributed by atoms with Crippen LogP contribution in [-0.2, 0) is 19.1 Å². The lowest BCUT2D eigenvalue weighted by Crippen LogP contribution is -2.35. The Labute approximate surface area is 157 Å². The number of carbonyl (C=O) groups is 3. The molecule has 8 nitrogen and oxygen atoms in total. The Hall–Kier alpha value is -2.52. The van der Waals surface area contributed by atoms with E-state index < -0.39 is 11.9 Å². The van der Waals surface area contributed by atoms with E-state index >= 15 is 0 Å². The number of esters is 1. The van der Waals surface area contributed by atoms with Crippen molar-refractivity contribution in [1.29, 1.82) is 0 Å². The molecule has 0 aliphatic carbocycles. The summed E-state index contributed by atoms with van der Waals surface area (Å²) in [7, 11) is 1.55. The second-order valence-corrected chi connectivity index (χ2v) is 5.51. The van der Waals surface area contributed by atoms with Crippen LogP contribution in [0.2, 0.25) is 0 Å². The number of para-hydroxylation sites is 1. The van der Waals surface area contributed by atoms with E-state index in [-0.39, 0.29) is 30.5 Å². The number of carbonyl (C=O) groups excluding carboxylic acids is 3. The van der Waals surface area contributed by atoms with Crippen molar-refractivity contribution in [3.05, 3.63) is 29.8 Å². The zero-order valence-corrected chi connectivity index (χ0v) is 15.6. The Morgan fingerprint density at radius 1 is 1.15 bits per heavy atom. The number of rotatable bonds is 9. The van der Waals surface area contributed by atoms with Crippen LogP contribution in [0.25, 0.3) is 0 Å². The minimum absolute atomic E-state index is 0.0270. The highest BCUT2D eigenvalue weighted by atomic mass is 32.1. The van der Waals surface area contributed by atoms with Crippen molar-refractivity contribution in [2.75, 3.05) is 32.2 Å². The van der Waals surface area contributed by atoms with Gasteiger partial charge in [0.1, 0.15) is 0 Å². The number of amides is 2. The predicted molar refractivity (Wildman–Crippen MR) is 101 cm³/mol. The van der Waals surface area contributed by atoms with Crippen LogP contribution in [0.5, 0.6) is 0 Å². The summed E-state index contributed by atoms with van der Waals surface area (Å²) in [5.74, 6) is -1.15. The summed E-state index contributed by atoms with van der Waals surface area (Å²) in [6.07, 6.45) is -0.0689. The quantitative estimate of drug-likeness (QED) is 0.335. The van der Waals surface area contributed by atoms with Gasteiger partial charge < -0.3 is 25.4 Å². The summed E-state index contributed by atoms with van der Waals surface area (Å²) in [6, 6.07) is 6.76. The molecule has 0 fully saturated rings. The standard InChI is InChI=1S/C17H23N3O5S/c1-3-25-15(22)9-8-14(21)20-17(26)19-13-7-5-4-6-12(13)16(23)18-10-11-24-2/h4-7H,3,8-11H2,1-2H3,(H,18,23)(H2,19,20,21,26). The third-order valence-electron chi connectivity index (χ3n) is 3.13. The van der Waals surface area contributed by atoms with Gasteiger partial charge in [-0.05, 0) is 31.3 Å². The lowest BCUT2D eigenvalue weighted by atomic mass is 10.1. The molecule has 142 valence electrons. The molecule has 0 aliphatic heterocycles. The summed E-state index contributed by atoms with van der Waals surface area (Å²) in [5, 5.41) is 8.03. The highest BCUT2D eigenvalue weighted by Crippen LogP contribution is 2.14. The van der Waals surface area contributed by atoms with Crippen LogP contribution in [0.4, 0.5) is 5.69 Å². The fourth-order valence-electron chi connectivity index (χ4n) is 1.94. The SMILES string of the molecule is CCOC(=O)CCC(=O)NC(=S)Nc1ccccc1C(=O)NCCOC. The van der Waals surface area contributed by atoms with Gasteiger partial charge in [-0.25, -0.2) is 0 Å². The van der Waals surface area contributed by atoms with Gasteiger partial charge >= 0.3 is 5.97 Å². The normalized spacial score (nSPS) is 9.92. The number of hydrogen-bond donors (Lipinski definition) is 3. The molecular weight excluding hydrogens is 358 g/mol. The van der Waals surface area contributed by atoms with Crippen molar-refractivity contribution in [3.63, 3.8) is 0 Å². The van der Waals surface area contributed by atoms with Gasteiger partial charge in [0.25, 0.3) is 5.91 Å². The van der Waals surface area contributed by atoms with E-state index in [1.165, 1.54) is 0 Å². The van der Waals surface area contributed by atoms with E-state index in [4.69, 9.17) is 21.7 Å². The number of anilines is 1. The van der Waals surface area contributed by atoms with Crippen LogP contribution in [0.15, 0.2) is 24.3 Å². The van der Waals surface area contributed by atoms with Crippen molar-refractivity contribution in [2.45, 2.75) is 19.8 Å². The second-order valence-electron chi connectivity index (χ2n) is 5.10. The molecule has 0 heterocycles. The van der Waals surface area contributed by atoms with Gasteiger partial charge in [-0.2, -0.15) is 0 Å². The first-order valence-corrected chi connectivity index (χ1v) is 8.51. The predicted octanol–water partition coefficient (Wildman–Crippen LogP) is 1.22. The number of methoxy groups -OCH3 is 1. The molecule has 0 bridgehead atoms. The van der Waals surface area contributed by atoms with Crippen LogP contribution in [0.3, 0.4) is 0 Å². The van der Waals surface area contributed by atoms with Gasteiger partial charge in [-0.3, -0.25) is 14.4 Å². The Morgan fingerprint density at radius 2 is 1.88 bits per heavy atom. The molecule has 9 heteroatoms. The van der Waals surface area contributed by atoms with E-state index in [0.29, 0.717) is 24.4 Å². The summed E-state index contributed by atoms with van der Waals surface area (Å²) in [5.41, 5.74) is 0.838. The third kappa shape index (κ3) is 8.04. The average molecular weight is 381 g/mol. The van der Waals surface area contributed by atoms with E-state index in [1.54, 1.807) is 38.3 Å². The smallest absolute Gasteiger partial charge is 0.306 e. The van der Waals surface area contributed by atoms with Crippen molar-refractivity contribution in [1.82, 2.24) is 10.6 Å². The van der Waals surface area contributed by atoms with Gasteiger partial charge in [-0.15, -0.1) is 0 Å². The summed E-state index contributed by atoms with van der Waals surface area (Å²) >= 11 is 5.08. The Bertz CT molecular complexity index is 651. The molecule has 0 saturated heterocycles. The van der Waals surface area contributed by atoms with Crippen molar-refractivity contribution in [3.8, 4) is 0 Å². The molecule has 26 heavy (non-hydrogen) atoms. The molecule has 2 amide bonds. The van der Waals surface area contributed by atoms with E-state index in [9.17, 15) is 14.4 Å². The molecule has 1 rings (SSSR count). The highest BCUT2D eigenvalue weighted by molar-refractivity contribution is 7.80. The summed E-state index contributed by atoms with van der Waals surface area (Å²) in [6.45, 7) is 2.73. The molecular formula is C17H23N3O5S. The first-order valence-electron chi connectivity index (χ1n) is 8.10. The van der Waals surface area contributed by atoms with Crippen molar-refractivity contribution < 1.29 is 23.9 Å². The molecule has 0 aromatic heterocycles. The maximum absolute atomic E-state index is 12.2. The summed E-state index contributed by atoms with van der Waals surface area (Å²) < 4.78 is 9.64. The maximum atomic E-state index is 12.2. The van der Waals surface area contributed by atoms with Crippen LogP contribution in [-0.4, -0.2) is 49.8 Å². The van der Waals surface area contributed by atoms with Gasteiger partial charge in [0, 0.05) is 20.1 Å². The fourth-order valence-corrected chi connectivity index (χ4v) is 2.17. The molecule has 1 aromatic carbocycles. The Morgan fingerprint density at radius 3 is 2.58 bits per heavy atom. The fraction of sp³-hybridized carbons (Fsp3) is 0.412. The van der Waals surface area contributed by atoms with Gasteiger partial charge in [0.05, 0.1) is 30.9 Å². The van der Waals surface area contributed by atoms with Gasteiger partial charge in [0.15, 0.2) is 5.11 Å². The number of benzene rings is 1. The zero-order valence-electron chi connectivity index (χ0n) is 14.8. The highest BCUT2D eigenvalue weighted by Gasteiger charge is 2.13. The number of ether oxygens (including phenoxy) is 2. The van der Waals surface area contributed by atoms with Crippen LogP contribution in [0, 0.1) is 0 Å². The van der Waals surface area contributed by atoms with Crippen LogP contribution >= 0.6 is 12.2 Å². The monoisotopic (exact) mass is 381 g/mol. The third-order valence-corrected chi connectivity index (χ3v) is 3.33. The largest absolute Gasteiger partial charge is 0.466 e. The molecule has 0 radical (unpaired) electrons. The van der Waals surface area contributed by atoms with Crippen LogP contribution < -0.4 is 16.0 Å². The average Bonchev–Trinajstić information content (AvgIpc) is 2.60. The molecule has 0 spiro atoms. The molecule has 3 N–H and O–H groups in total. The number of nitrogens with one attached hydrogen (secondary N) is 3. The first-order chi connectivity index (χ1) is 12.5. The lowest BCUT2D eigenvalue weighted by molar-refractivity contribution is -0.144. The zero-order chi connectivity index (χ0) is 19.4. The van der Waals surface area contributed by atoms with E-state index in [1.807, 2.05) is 0 Å². The minimum Gasteiger partial charge on any atom is -0.466 e. The lowest BCUT2D eigenvalue weighted by Gasteiger charge is -2.13. The first kappa shape index (κ1) is 21.5. The number of hydrogen-bond acceptors (Lipinski definition) is 6. The summed E-state index contributed by atoms with van der Waals surface area (Å²) in [4.78, 5) is 35.2. The van der Waals surface area contributed by atoms with E-state index in [0.717, 1.165) is 0 Å². The van der Waals surface area contributed by atoms with Crippen molar-refractivity contribution >= 4 is 40.8 Å². The van der Waals surface area contributed by atoms with Gasteiger partial charge in [-0.1, -0.05) is 12.1 Å². The molecule has 0 atom stereocenters.